The van der Waals surface area contributed by atoms with Crippen LogP contribution in [0.3, 0.4) is 0 Å². The summed E-state index contributed by atoms with van der Waals surface area (Å²) in [6, 6.07) is 2.42. The molecule has 21 heavy (non-hydrogen) atoms. The molecule has 0 radical (unpaired) electrons. The van der Waals surface area contributed by atoms with Gasteiger partial charge in [-0.1, -0.05) is 6.92 Å². The Labute approximate surface area is 120 Å². The van der Waals surface area contributed by atoms with Crippen molar-refractivity contribution < 1.29 is 18.1 Å². The van der Waals surface area contributed by atoms with Gasteiger partial charge in [0.25, 0.3) is 5.69 Å². The van der Waals surface area contributed by atoms with E-state index in [0.29, 0.717) is 6.54 Å². The average Bonchev–Trinajstić information content (AvgIpc) is 2.41. The molecule has 0 spiro atoms. The van der Waals surface area contributed by atoms with Crippen molar-refractivity contribution in [2.24, 2.45) is 0 Å². The van der Waals surface area contributed by atoms with E-state index in [1.54, 1.807) is 0 Å². The fraction of sp³-hybridized carbons (Fsp3) is 0.583. The summed E-state index contributed by atoms with van der Waals surface area (Å²) in [7, 11) is 1.42. The molecular formula is C12H17F3N4O2. The Hall–Kier alpha value is -2.06. The van der Waals surface area contributed by atoms with E-state index in [0.717, 1.165) is 12.5 Å². The van der Waals surface area contributed by atoms with Gasteiger partial charge in [-0.05, 0) is 6.42 Å². The Morgan fingerprint density at radius 1 is 1.43 bits per heavy atom. The van der Waals surface area contributed by atoms with E-state index in [4.69, 9.17) is 0 Å². The van der Waals surface area contributed by atoms with Gasteiger partial charge in [0.15, 0.2) is 0 Å². The van der Waals surface area contributed by atoms with Crippen molar-refractivity contribution >= 4 is 17.3 Å². The Kier molecular flexibility index (Phi) is 5.74. The smallest absolute Gasteiger partial charge is 0.370 e. The summed E-state index contributed by atoms with van der Waals surface area (Å²) in [6.07, 6.45) is -4.49. The Balaban J connectivity index is 2.93. The quantitative estimate of drug-likeness (QED) is 0.618. The number of nitrogens with one attached hydrogen (secondary N) is 1. The van der Waals surface area contributed by atoms with Crippen LogP contribution in [0.5, 0.6) is 0 Å². The number of hydrogen-bond acceptors (Lipinski definition) is 5. The van der Waals surface area contributed by atoms with Crippen LogP contribution < -0.4 is 10.2 Å². The van der Waals surface area contributed by atoms with E-state index < -0.39 is 17.5 Å². The first-order valence-electron chi connectivity index (χ1n) is 6.41. The number of aromatic nitrogens is 1. The van der Waals surface area contributed by atoms with Gasteiger partial charge in [0.1, 0.15) is 11.6 Å². The van der Waals surface area contributed by atoms with Gasteiger partial charge in [-0.15, -0.1) is 0 Å². The predicted octanol–water partition coefficient (Wildman–Crippen LogP) is 3.20. The second-order valence-corrected chi connectivity index (χ2v) is 4.54. The number of hydrogen-bond donors (Lipinski definition) is 1. The fourth-order valence-electron chi connectivity index (χ4n) is 1.56. The maximum Gasteiger partial charge on any atom is 0.390 e. The molecule has 0 bridgehead atoms. The minimum atomic E-state index is -4.28. The maximum absolute atomic E-state index is 12.2. The highest BCUT2D eigenvalue weighted by Crippen LogP contribution is 2.25. The van der Waals surface area contributed by atoms with Crippen molar-refractivity contribution in [2.45, 2.75) is 25.9 Å². The van der Waals surface area contributed by atoms with Crippen molar-refractivity contribution in [3.8, 4) is 0 Å². The van der Waals surface area contributed by atoms with Crippen LogP contribution in [-0.2, 0) is 0 Å². The number of nitrogens with zero attached hydrogens (tertiary/aromatic N) is 3. The van der Waals surface area contributed by atoms with Gasteiger partial charge in [-0.2, -0.15) is 13.2 Å². The molecule has 0 unspecified atom stereocenters. The zero-order valence-electron chi connectivity index (χ0n) is 11.8. The van der Waals surface area contributed by atoms with Gasteiger partial charge in [-0.25, -0.2) is 4.98 Å². The van der Waals surface area contributed by atoms with E-state index in [-0.39, 0.29) is 23.9 Å². The minimum Gasteiger partial charge on any atom is -0.370 e. The molecule has 0 aliphatic heterocycles. The number of anilines is 2. The summed E-state index contributed by atoms with van der Waals surface area (Å²) >= 11 is 0. The fourth-order valence-corrected chi connectivity index (χ4v) is 1.56. The van der Waals surface area contributed by atoms with Crippen LogP contribution in [0.15, 0.2) is 12.1 Å². The molecular weight excluding hydrogens is 289 g/mol. The molecule has 1 heterocycles. The van der Waals surface area contributed by atoms with Crippen molar-refractivity contribution in [1.29, 1.82) is 0 Å². The van der Waals surface area contributed by atoms with Gasteiger partial charge >= 0.3 is 6.18 Å². The van der Waals surface area contributed by atoms with Gasteiger partial charge in [0.05, 0.1) is 23.5 Å². The Bertz CT molecular complexity index is 494. The third kappa shape index (κ3) is 5.84. The number of nitro groups is 1. The van der Waals surface area contributed by atoms with Crippen LogP contribution in [0, 0.1) is 10.1 Å². The average molecular weight is 306 g/mol. The van der Waals surface area contributed by atoms with Crippen LogP contribution in [-0.4, -0.2) is 36.2 Å². The molecule has 9 heteroatoms. The molecule has 6 nitrogen and oxygen atoms in total. The topological polar surface area (TPSA) is 71.3 Å². The molecule has 0 amide bonds. The lowest BCUT2D eigenvalue weighted by atomic mass is 10.3. The molecule has 118 valence electrons. The molecule has 1 aromatic rings. The third-order valence-corrected chi connectivity index (χ3v) is 2.69. The van der Waals surface area contributed by atoms with Gasteiger partial charge in [-0.3, -0.25) is 10.1 Å². The third-order valence-electron chi connectivity index (χ3n) is 2.69. The second-order valence-electron chi connectivity index (χ2n) is 4.54. The lowest BCUT2D eigenvalue weighted by molar-refractivity contribution is -0.384. The first kappa shape index (κ1) is 17.0. The van der Waals surface area contributed by atoms with Crippen LogP contribution >= 0.6 is 0 Å². The van der Waals surface area contributed by atoms with E-state index in [2.05, 4.69) is 10.3 Å². The molecule has 1 rings (SSSR count). The lowest BCUT2D eigenvalue weighted by Crippen LogP contribution is -2.25. The summed E-state index contributed by atoms with van der Waals surface area (Å²) in [6.45, 7) is 2.17. The van der Waals surface area contributed by atoms with Crippen LogP contribution in [0.2, 0.25) is 0 Å². The zero-order chi connectivity index (χ0) is 16.0. The van der Waals surface area contributed by atoms with Crippen molar-refractivity contribution in [2.75, 3.05) is 30.4 Å². The van der Waals surface area contributed by atoms with Crippen LogP contribution in [0.1, 0.15) is 19.8 Å². The molecule has 0 fully saturated rings. The highest BCUT2D eigenvalue weighted by atomic mass is 19.4. The predicted molar refractivity (Wildman–Crippen MR) is 73.6 cm³/mol. The Morgan fingerprint density at radius 2 is 2.10 bits per heavy atom. The standard InChI is InChI=1S/C12H17F3N4O2/c1-3-5-16-10-7-9(19(20)21)8-11(17-10)18(2)6-4-12(13,14)15/h7-8H,3-6H2,1-2H3,(H,16,17). The monoisotopic (exact) mass is 306 g/mol. The number of rotatable bonds is 7. The van der Waals surface area contributed by atoms with Crippen molar-refractivity contribution in [3.63, 3.8) is 0 Å². The van der Waals surface area contributed by atoms with Crippen molar-refractivity contribution in [1.82, 2.24) is 4.98 Å². The molecule has 1 N–H and O–H groups in total. The number of halogens is 3. The van der Waals surface area contributed by atoms with Gasteiger partial charge < -0.3 is 10.2 Å². The van der Waals surface area contributed by atoms with E-state index in [9.17, 15) is 23.3 Å². The molecule has 0 saturated carbocycles. The highest BCUT2D eigenvalue weighted by Gasteiger charge is 2.27. The normalized spacial score (nSPS) is 11.3. The first-order chi connectivity index (χ1) is 9.73. The molecule has 0 aromatic carbocycles. The summed E-state index contributed by atoms with van der Waals surface area (Å²) in [5.74, 6) is 0.409. The molecule has 1 aromatic heterocycles. The van der Waals surface area contributed by atoms with E-state index in [1.807, 2.05) is 6.92 Å². The summed E-state index contributed by atoms with van der Waals surface area (Å²) in [5.41, 5.74) is -0.211. The summed E-state index contributed by atoms with van der Waals surface area (Å²) < 4.78 is 36.7. The van der Waals surface area contributed by atoms with Crippen LogP contribution in [0.4, 0.5) is 30.5 Å². The van der Waals surface area contributed by atoms with Gasteiger partial charge in [0.2, 0.25) is 0 Å². The zero-order valence-corrected chi connectivity index (χ0v) is 11.8. The molecule has 0 aliphatic rings. The summed E-state index contributed by atoms with van der Waals surface area (Å²) in [4.78, 5) is 15.6. The van der Waals surface area contributed by atoms with E-state index in [1.165, 1.54) is 18.0 Å². The first-order valence-corrected chi connectivity index (χ1v) is 6.41. The second kappa shape index (κ2) is 7.09. The van der Waals surface area contributed by atoms with Crippen molar-refractivity contribution in [3.05, 3.63) is 22.2 Å². The lowest BCUT2D eigenvalue weighted by Gasteiger charge is -2.19. The largest absolute Gasteiger partial charge is 0.390 e. The Morgan fingerprint density at radius 3 is 2.62 bits per heavy atom. The highest BCUT2D eigenvalue weighted by molar-refractivity contribution is 5.55. The maximum atomic E-state index is 12.2. The van der Waals surface area contributed by atoms with E-state index >= 15 is 0 Å². The molecule has 0 aliphatic carbocycles. The van der Waals surface area contributed by atoms with Crippen LogP contribution in [0.25, 0.3) is 0 Å². The number of alkyl halides is 3. The number of pyridine rings is 1. The molecule has 0 atom stereocenters. The SMILES string of the molecule is CCCNc1cc([N+](=O)[O-])cc(N(C)CCC(F)(F)F)n1. The molecule has 0 saturated heterocycles. The minimum absolute atomic E-state index is 0.132. The van der Waals surface area contributed by atoms with Gasteiger partial charge in [0, 0.05) is 20.1 Å². The summed E-state index contributed by atoms with van der Waals surface area (Å²) in [5, 5.41) is 13.8.